The fraction of sp³-hybridized carbons (Fsp3) is 0.611. The molecule has 2 unspecified atom stereocenters. The molecule has 0 bridgehead atoms. The molecule has 0 radical (unpaired) electrons. The first-order valence-electron chi connectivity index (χ1n) is 8.29. The van der Waals surface area contributed by atoms with Crippen LogP contribution in [0.3, 0.4) is 0 Å². The number of amides is 1. The minimum absolute atomic E-state index is 0.117. The van der Waals surface area contributed by atoms with Crippen molar-refractivity contribution < 1.29 is 4.79 Å². The van der Waals surface area contributed by atoms with Gasteiger partial charge in [-0.2, -0.15) is 0 Å². The van der Waals surface area contributed by atoms with Crippen LogP contribution in [0, 0.1) is 0 Å². The Morgan fingerprint density at radius 1 is 1.27 bits per heavy atom. The summed E-state index contributed by atoms with van der Waals surface area (Å²) >= 11 is 0. The number of nitrogens with one attached hydrogen (secondary N) is 1. The fourth-order valence-corrected chi connectivity index (χ4v) is 2.52. The van der Waals surface area contributed by atoms with Crippen molar-refractivity contribution in [1.82, 2.24) is 10.2 Å². The highest BCUT2D eigenvalue weighted by Crippen LogP contribution is 2.17. The predicted molar refractivity (Wildman–Crippen MR) is 92.6 cm³/mol. The zero-order valence-corrected chi connectivity index (χ0v) is 14.4. The summed E-state index contributed by atoms with van der Waals surface area (Å²) in [7, 11) is 0. The van der Waals surface area contributed by atoms with Crippen LogP contribution in [0.25, 0.3) is 0 Å². The molecule has 0 aliphatic rings. The van der Waals surface area contributed by atoms with Crippen molar-refractivity contribution in [3.63, 3.8) is 0 Å². The van der Waals surface area contributed by atoms with Crippen LogP contribution in [0.5, 0.6) is 0 Å². The molecule has 2 atom stereocenters. The third kappa shape index (κ3) is 5.43. The van der Waals surface area contributed by atoms with Gasteiger partial charge in [-0.1, -0.05) is 44.2 Å². The Bertz CT molecular complexity index is 441. The summed E-state index contributed by atoms with van der Waals surface area (Å²) in [4.78, 5) is 14.8. The summed E-state index contributed by atoms with van der Waals surface area (Å²) in [6, 6.07) is 9.65. The minimum Gasteiger partial charge on any atom is -0.352 e. The Morgan fingerprint density at radius 3 is 2.41 bits per heavy atom. The van der Waals surface area contributed by atoms with E-state index in [2.05, 4.69) is 24.1 Å². The lowest BCUT2D eigenvalue weighted by Gasteiger charge is -2.27. The lowest BCUT2D eigenvalue weighted by atomic mass is 9.92. The van der Waals surface area contributed by atoms with E-state index in [0.717, 1.165) is 38.0 Å². The summed E-state index contributed by atoms with van der Waals surface area (Å²) in [5.41, 5.74) is 6.07. The molecule has 1 rings (SSSR count). The number of nitrogens with zero attached hydrogens (tertiary/aromatic N) is 1. The molecule has 0 heterocycles. The first-order chi connectivity index (χ1) is 10.4. The highest BCUT2D eigenvalue weighted by Gasteiger charge is 2.30. The SMILES string of the molecule is CCN(CC)CCCC(C)NC(=O)C(C)(N)c1ccccc1. The molecule has 0 saturated carbocycles. The summed E-state index contributed by atoms with van der Waals surface area (Å²) in [6.07, 6.45) is 2.04. The zero-order chi connectivity index (χ0) is 16.6. The van der Waals surface area contributed by atoms with Crippen molar-refractivity contribution in [3.8, 4) is 0 Å². The lowest BCUT2D eigenvalue weighted by molar-refractivity contribution is -0.126. The third-order valence-corrected chi connectivity index (χ3v) is 4.23. The van der Waals surface area contributed by atoms with Crippen molar-refractivity contribution in [2.75, 3.05) is 19.6 Å². The monoisotopic (exact) mass is 305 g/mol. The van der Waals surface area contributed by atoms with Gasteiger partial charge < -0.3 is 16.0 Å². The Hall–Kier alpha value is -1.39. The van der Waals surface area contributed by atoms with E-state index in [9.17, 15) is 4.79 Å². The molecule has 4 nitrogen and oxygen atoms in total. The van der Waals surface area contributed by atoms with Crippen molar-refractivity contribution in [1.29, 1.82) is 0 Å². The van der Waals surface area contributed by atoms with E-state index in [0.29, 0.717) is 0 Å². The Morgan fingerprint density at radius 2 is 1.86 bits per heavy atom. The molecule has 0 spiro atoms. The van der Waals surface area contributed by atoms with Gasteiger partial charge >= 0.3 is 0 Å². The number of hydrogen-bond donors (Lipinski definition) is 2. The van der Waals surface area contributed by atoms with Crippen molar-refractivity contribution in [2.45, 2.75) is 52.1 Å². The molecule has 0 aromatic heterocycles. The van der Waals surface area contributed by atoms with Gasteiger partial charge in [0.15, 0.2) is 0 Å². The standard InChI is InChI=1S/C18H31N3O/c1-5-21(6-2)14-10-11-15(3)20-17(22)18(4,19)16-12-8-7-9-13-16/h7-9,12-13,15H,5-6,10-11,14,19H2,1-4H3,(H,20,22). The van der Waals surface area contributed by atoms with E-state index in [1.165, 1.54) is 0 Å². The second-order valence-corrected chi connectivity index (χ2v) is 6.11. The van der Waals surface area contributed by atoms with Gasteiger partial charge in [-0.25, -0.2) is 0 Å². The van der Waals surface area contributed by atoms with Crippen molar-refractivity contribution in [3.05, 3.63) is 35.9 Å². The largest absolute Gasteiger partial charge is 0.352 e. The molecule has 0 aliphatic heterocycles. The van der Waals surface area contributed by atoms with Crippen LogP contribution in [-0.4, -0.2) is 36.5 Å². The number of benzene rings is 1. The molecule has 1 aromatic carbocycles. The number of hydrogen-bond acceptors (Lipinski definition) is 3. The predicted octanol–water partition coefficient (Wildman–Crippen LogP) is 2.49. The molecule has 1 amide bonds. The maximum atomic E-state index is 12.4. The van der Waals surface area contributed by atoms with Crippen LogP contribution < -0.4 is 11.1 Å². The van der Waals surface area contributed by atoms with E-state index in [4.69, 9.17) is 5.73 Å². The molecular formula is C18H31N3O. The normalized spacial score (nSPS) is 15.4. The van der Waals surface area contributed by atoms with E-state index < -0.39 is 5.54 Å². The van der Waals surface area contributed by atoms with Gasteiger partial charge in [0, 0.05) is 6.04 Å². The molecule has 3 N–H and O–H groups in total. The summed E-state index contributed by atoms with van der Waals surface area (Å²) in [5.74, 6) is -0.117. The first kappa shape index (κ1) is 18.7. The lowest BCUT2D eigenvalue weighted by Crippen LogP contribution is -2.51. The smallest absolute Gasteiger partial charge is 0.244 e. The van der Waals surface area contributed by atoms with Gasteiger partial charge in [0.2, 0.25) is 5.91 Å². The fourth-order valence-electron chi connectivity index (χ4n) is 2.52. The quantitative estimate of drug-likeness (QED) is 0.737. The second kappa shape index (κ2) is 8.91. The highest BCUT2D eigenvalue weighted by atomic mass is 16.2. The van der Waals surface area contributed by atoms with Crippen LogP contribution in [0.4, 0.5) is 0 Å². The summed E-state index contributed by atoms with van der Waals surface area (Å²) in [5, 5.41) is 3.05. The van der Waals surface area contributed by atoms with E-state index in [1.54, 1.807) is 6.92 Å². The Labute approximate surface area is 135 Å². The van der Waals surface area contributed by atoms with Crippen LogP contribution in [0.2, 0.25) is 0 Å². The molecule has 0 fully saturated rings. The Kier molecular flexibility index (Phi) is 7.56. The minimum atomic E-state index is -0.992. The summed E-state index contributed by atoms with van der Waals surface area (Å²) in [6.45, 7) is 11.4. The van der Waals surface area contributed by atoms with Crippen LogP contribution in [0.15, 0.2) is 30.3 Å². The summed E-state index contributed by atoms with van der Waals surface area (Å²) < 4.78 is 0. The van der Waals surface area contributed by atoms with Crippen LogP contribution in [0.1, 0.15) is 46.1 Å². The topological polar surface area (TPSA) is 58.4 Å². The van der Waals surface area contributed by atoms with E-state index >= 15 is 0 Å². The van der Waals surface area contributed by atoms with Crippen LogP contribution in [-0.2, 0) is 10.3 Å². The zero-order valence-electron chi connectivity index (χ0n) is 14.4. The molecule has 22 heavy (non-hydrogen) atoms. The van der Waals surface area contributed by atoms with E-state index in [1.807, 2.05) is 37.3 Å². The molecule has 124 valence electrons. The van der Waals surface area contributed by atoms with Gasteiger partial charge in [0.25, 0.3) is 0 Å². The van der Waals surface area contributed by atoms with Gasteiger partial charge in [0.05, 0.1) is 0 Å². The molecular weight excluding hydrogens is 274 g/mol. The van der Waals surface area contributed by atoms with Gasteiger partial charge in [0.1, 0.15) is 5.54 Å². The van der Waals surface area contributed by atoms with Gasteiger partial charge in [-0.15, -0.1) is 0 Å². The van der Waals surface area contributed by atoms with Crippen molar-refractivity contribution >= 4 is 5.91 Å². The van der Waals surface area contributed by atoms with Gasteiger partial charge in [-0.3, -0.25) is 4.79 Å². The maximum absolute atomic E-state index is 12.4. The average Bonchev–Trinajstić information content (AvgIpc) is 2.52. The number of carbonyl (C=O) groups excluding carboxylic acids is 1. The number of carbonyl (C=O) groups is 1. The van der Waals surface area contributed by atoms with E-state index in [-0.39, 0.29) is 11.9 Å². The molecule has 0 saturated heterocycles. The van der Waals surface area contributed by atoms with Crippen LogP contribution >= 0.6 is 0 Å². The Balaban J connectivity index is 2.47. The maximum Gasteiger partial charge on any atom is 0.244 e. The number of rotatable bonds is 9. The van der Waals surface area contributed by atoms with Gasteiger partial charge in [-0.05, 0) is 51.9 Å². The highest BCUT2D eigenvalue weighted by molar-refractivity contribution is 5.87. The second-order valence-electron chi connectivity index (χ2n) is 6.11. The third-order valence-electron chi connectivity index (χ3n) is 4.23. The van der Waals surface area contributed by atoms with Crippen molar-refractivity contribution in [2.24, 2.45) is 5.73 Å². The molecule has 0 aliphatic carbocycles. The average molecular weight is 305 g/mol. The first-order valence-corrected chi connectivity index (χ1v) is 8.29. The molecule has 1 aromatic rings. The number of nitrogens with two attached hydrogens (primary N) is 1. The molecule has 4 heteroatoms.